The van der Waals surface area contributed by atoms with Crippen LogP contribution in [0.5, 0.6) is 0 Å². The van der Waals surface area contributed by atoms with Crippen LogP contribution in [0.3, 0.4) is 0 Å². The normalized spacial score (nSPS) is 13.2. The Morgan fingerprint density at radius 1 is 0.400 bits per heavy atom. The Labute approximate surface area is 464 Å². The third kappa shape index (κ3) is 61.3. The summed E-state index contributed by atoms with van der Waals surface area (Å²) >= 11 is 0. The molecular weight excluding hydrogens is 954 g/mol. The molecule has 0 aromatic heterocycles. The summed E-state index contributed by atoms with van der Waals surface area (Å²) in [5, 5.41) is 0. The van der Waals surface area contributed by atoms with Crippen LogP contribution >= 0.6 is 7.82 Å². The highest BCUT2D eigenvalue weighted by Crippen LogP contribution is 2.43. The summed E-state index contributed by atoms with van der Waals surface area (Å²) in [6.07, 6.45) is 75.1. The zero-order valence-corrected chi connectivity index (χ0v) is 50.4. The first-order valence-corrected chi connectivity index (χ1v) is 34.0. The largest absolute Gasteiger partial charge is 0.472 e. The van der Waals surface area contributed by atoms with Crippen LogP contribution < -0.4 is 5.73 Å². The first-order chi connectivity index (χ1) is 36.8. The fourth-order valence-corrected chi connectivity index (χ4v) is 10.5. The van der Waals surface area contributed by atoms with Crippen LogP contribution in [0.4, 0.5) is 0 Å². The van der Waals surface area contributed by atoms with Gasteiger partial charge >= 0.3 is 19.8 Å². The topological polar surface area (TPSA) is 134 Å². The van der Waals surface area contributed by atoms with Crippen LogP contribution in [-0.2, 0) is 32.7 Å². The van der Waals surface area contributed by atoms with E-state index in [-0.39, 0.29) is 38.6 Å². The number of unbranched alkanes of at least 4 members (excludes halogenated alkanes) is 43. The summed E-state index contributed by atoms with van der Waals surface area (Å²) in [6.45, 7) is 3.80. The van der Waals surface area contributed by atoms with Crippen LogP contribution in [0.15, 0.2) is 36.5 Å². The van der Waals surface area contributed by atoms with E-state index in [1.54, 1.807) is 0 Å². The average Bonchev–Trinajstić information content (AvgIpc) is 3.40. The molecule has 0 rings (SSSR count). The van der Waals surface area contributed by atoms with Crippen molar-refractivity contribution >= 4 is 19.8 Å². The van der Waals surface area contributed by atoms with Crippen molar-refractivity contribution in [3.63, 3.8) is 0 Å². The standard InChI is InChI=1S/C65H124NO8P/c1-3-5-7-9-11-13-15-17-19-21-23-25-26-27-28-29-30-31-32-33-34-35-36-38-40-42-44-46-48-50-52-54-56-58-65(68)74-63(62-73-75(69,70)72-60-59-66)61-71-64(67)57-55-53-51-49-47-45-43-41-39-37-24-22-20-18-16-14-12-10-8-6-4-2/h15,17,21,23,26-27,63H,3-14,16,18-20,22,24-25,28-62,66H2,1-2H3,(H,69,70)/b17-15-,23-21-,27-26-. The number of esters is 2. The van der Waals surface area contributed by atoms with Crippen LogP contribution in [0.25, 0.3) is 0 Å². The lowest BCUT2D eigenvalue weighted by Gasteiger charge is -2.19. The highest BCUT2D eigenvalue weighted by atomic mass is 31.2. The quantitative estimate of drug-likeness (QED) is 0.0264. The van der Waals surface area contributed by atoms with Gasteiger partial charge in [-0.2, -0.15) is 0 Å². The number of nitrogens with two attached hydrogens (primary N) is 1. The van der Waals surface area contributed by atoms with Crippen molar-refractivity contribution in [2.24, 2.45) is 5.73 Å². The molecule has 442 valence electrons. The number of ether oxygens (including phenoxy) is 2. The summed E-state index contributed by atoms with van der Waals surface area (Å²) in [5.41, 5.74) is 5.39. The highest BCUT2D eigenvalue weighted by Gasteiger charge is 2.26. The summed E-state index contributed by atoms with van der Waals surface area (Å²) in [4.78, 5) is 35.3. The SMILES string of the molecule is CCCCCCC/C=C\C/C=C\C/C=C\CCCCCCCCCCCCCCCCCCCCC(=O)OC(COC(=O)CCCCCCCCCCCCCCCCCCCCCCC)COP(=O)(O)OCCN. The zero-order valence-electron chi connectivity index (χ0n) is 49.6. The van der Waals surface area contributed by atoms with E-state index in [0.717, 1.165) is 44.9 Å². The maximum Gasteiger partial charge on any atom is 0.472 e. The predicted octanol–water partition coefficient (Wildman–Crippen LogP) is 20.7. The molecule has 0 radical (unpaired) electrons. The maximum absolute atomic E-state index is 12.7. The predicted molar refractivity (Wildman–Crippen MR) is 321 cm³/mol. The number of hydrogen-bond acceptors (Lipinski definition) is 8. The molecule has 0 spiro atoms. The van der Waals surface area contributed by atoms with E-state index >= 15 is 0 Å². The van der Waals surface area contributed by atoms with Gasteiger partial charge in [0.1, 0.15) is 6.61 Å². The van der Waals surface area contributed by atoms with Crippen LogP contribution in [0.2, 0.25) is 0 Å². The van der Waals surface area contributed by atoms with Crippen molar-refractivity contribution in [1.29, 1.82) is 0 Å². The molecule has 75 heavy (non-hydrogen) atoms. The first-order valence-electron chi connectivity index (χ1n) is 32.5. The maximum atomic E-state index is 12.7. The molecule has 0 amide bonds. The molecule has 0 aliphatic carbocycles. The van der Waals surface area contributed by atoms with Crippen molar-refractivity contribution in [2.45, 2.75) is 341 Å². The third-order valence-corrected chi connectivity index (χ3v) is 15.5. The minimum Gasteiger partial charge on any atom is -0.462 e. The molecule has 2 unspecified atom stereocenters. The Balaban J connectivity index is 3.85. The molecule has 0 bridgehead atoms. The number of phosphoric ester groups is 1. The van der Waals surface area contributed by atoms with Crippen molar-refractivity contribution in [2.75, 3.05) is 26.4 Å². The van der Waals surface area contributed by atoms with Gasteiger partial charge in [-0.1, -0.05) is 307 Å². The van der Waals surface area contributed by atoms with Crippen molar-refractivity contribution in [3.8, 4) is 0 Å². The molecule has 3 N–H and O–H groups in total. The molecule has 0 fully saturated rings. The third-order valence-electron chi connectivity index (χ3n) is 14.5. The minimum atomic E-state index is -4.39. The molecule has 0 aromatic carbocycles. The molecule has 0 heterocycles. The second-order valence-corrected chi connectivity index (χ2v) is 23.4. The number of carbonyl (C=O) groups excluding carboxylic acids is 2. The minimum absolute atomic E-state index is 0.0560. The molecule has 10 heteroatoms. The molecule has 0 aliphatic rings. The summed E-state index contributed by atoms with van der Waals surface area (Å²) in [6, 6.07) is 0. The number of rotatable bonds is 62. The van der Waals surface area contributed by atoms with Gasteiger partial charge in [0.2, 0.25) is 0 Å². The zero-order chi connectivity index (χ0) is 54.5. The van der Waals surface area contributed by atoms with E-state index in [0.29, 0.717) is 6.42 Å². The molecule has 0 saturated carbocycles. The number of phosphoric acid groups is 1. The van der Waals surface area contributed by atoms with E-state index in [1.807, 2.05) is 0 Å². The van der Waals surface area contributed by atoms with Crippen LogP contribution in [0, 0.1) is 0 Å². The van der Waals surface area contributed by atoms with Crippen molar-refractivity contribution in [1.82, 2.24) is 0 Å². The summed E-state index contributed by atoms with van der Waals surface area (Å²) in [5.74, 6) is -0.807. The van der Waals surface area contributed by atoms with Gasteiger partial charge in [0.05, 0.1) is 13.2 Å². The van der Waals surface area contributed by atoms with Gasteiger partial charge in [-0.15, -0.1) is 0 Å². The van der Waals surface area contributed by atoms with Crippen LogP contribution in [0.1, 0.15) is 335 Å². The fraction of sp³-hybridized carbons (Fsp3) is 0.877. The first kappa shape index (κ1) is 73.2. The lowest BCUT2D eigenvalue weighted by molar-refractivity contribution is -0.161. The highest BCUT2D eigenvalue weighted by molar-refractivity contribution is 7.47. The van der Waals surface area contributed by atoms with Gasteiger partial charge in [0, 0.05) is 19.4 Å². The lowest BCUT2D eigenvalue weighted by atomic mass is 10.0. The van der Waals surface area contributed by atoms with E-state index in [9.17, 15) is 19.0 Å². The molecular formula is C65H124NO8P. The monoisotopic (exact) mass is 1080 g/mol. The van der Waals surface area contributed by atoms with Gasteiger partial charge < -0.3 is 20.1 Å². The average molecular weight is 1080 g/mol. The van der Waals surface area contributed by atoms with E-state index < -0.39 is 26.5 Å². The fourth-order valence-electron chi connectivity index (χ4n) is 9.71. The van der Waals surface area contributed by atoms with Gasteiger partial charge in [-0.05, 0) is 51.4 Å². The summed E-state index contributed by atoms with van der Waals surface area (Å²) < 4.78 is 33.1. The van der Waals surface area contributed by atoms with Gasteiger partial charge in [-0.3, -0.25) is 18.6 Å². The number of hydrogen-bond donors (Lipinski definition) is 2. The second-order valence-electron chi connectivity index (χ2n) is 22.0. The Morgan fingerprint density at radius 3 is 1.03 bits per heavy atom. The smallest absolute Gasteiger partial charge is 0.462 e. The van der Waals surface area contributed by atoms with Crippen molar-refractivity contribution in [3.05, 3.63) is 36.5 Å². The van der Waals surface area contributed by atoms with Gasteiger partial charge in [-0.25, -0.2) is 4.57 Å². The summed E-state index contributed by atoms with van der Waals surface area (Å²) in [7, 11) is -4.39. The Morgan fingerprint density at radius 2 is 0.693 bits per heavy atom. The molecule has 9 nitrogen and oxygen atoms in total. The van der Waals surface area contributed by atoms with Gasteiger partial charge in [0.25, 0.3) is 0 Å². The molecule has 0 aliphatic heterocycles. The lowest BCUT2D eigenvalue weighted by Crippen LogP contribution is -2.29. The molecule has 0 saturated heterocycles. The molecule has 2 atom stereocenters. The number of allylic oxidation sites excluding steroid dienone is 6. The van der Waals surface area contributed by atoms with E-state index in [4.69, 9.17) is 24.3 Å². The van der Waals surface area contributed by atoms with Crippen molar-refractivity contribution < 1.29 is 37.6 Å². The van der Waals surface area contributed by atoms with Crippen LogP contribution in [-0.4, -0.2) is 49.3 Å². The van der Waals surface area contributed by atoms with Gasteiger partial charge in [0.15, 0.2) is 6.10 Å². The second kappa shape index (κ2) is 61.4. The Hall–Kier alpha value is -1.77. The van der Waals surface area contributed by atoms with E-state index in [1.165, 1.54) is 257 Å². The molecule has 0 aromatic rings. The Bertz CT molecular complexity index is 1320. The van der Waals surface area contributed by atoms with E-state index in [2.05, 4.69) is 50.3 Å². The number of carbonyl (C=O) groups is 2. The Kier molecular flexibility index (Phi) is 60.0.